The van der Waals surface area contributed by atoms with Crippen LogP contribution in [0.2, 0.25) is 0 Å². The van der Waals surface area contributed by atoms with Crippen LogP contribution in [0.5, 0.6) is 0 Å². The van der Waals surface area contributed by atoms with E-state index in [1.54, 1.807) is 13.1 Å². The van der Waals surface area contributed by atoms with Crippen molar-refractivity contribution >= 4 is 11.6 Å². The predicted octanol–water partition coefficient (Wildman–Crippen LogP) is 1.17. The number of carbonyl (C=O) groups is 1. The summed E-state index contributed by atoms with van der Waals surface area (Å²) in [6, 6.07) is 5.88. The van der Waals surface area contributed by atoms with Crippen LogP contribution in [-0.2, 0) is 0 Å². The number of aliphatic hydroxyl groups excluding tert-OH is 2. The molecule has 4 N–H and O–H groups in total. The van der Waals surface area contributed by atoms with Gasteiger partial charge in [0.05, 0.1) is 24.4 Å². The molecule has 0 radical (unpaired) electrons. The lowest BCUT2D eigenvalue weighted by Gasteiger charge is -2.29. The molecule has 0 fully saturated rings. The van der Waals surface area contributed by atoms with Crippen LogP contribution >= 0.6 is 0 Å². The number of aromatic nitrogens is 3. The Balaban J connectivity index is 2.00. The highest BCUT2D eigenvalue weighted by Gasteiger charge is 2.30. The Kier molecular flexibility index (Phi) is 5.35. The van der Waals surface area contributed by atoms with Gasteiger partial charge in [-0.25, -0.2) is 4.98 Å². The number of hydrogen-bond donors (Lipinski definition) is 4. The van der Waals surface area contributed by atoms with Gasteiger partial charge in [-0.15, -0.1) is 0 Å². The first kappa shape index (κ1) is 19.8. The van der Waals surface area contributed by atoms with Crippen LogP contribution < -0.4 is 10.9 Å². The second-order valence-corrected chi connectivity index (χ2v) is 7.06. The van der Waals surface area contributed by atoms with Crippen LogP contribution in [-0.4, -0.2) is 49.2 Å². The van der Waals surface area contributed by atoms with Crippen molar-refractivity contribution in [1.82, 2.24) is 19.7 Å². The average Bonchev–Trinajstić information content (AvgIpc) is 3.13. The zero-order chi connectivity index (χ0) is 20.5. The third kappa shape index (κ3) is 3.56. The molecular formula is C20H24N4O4. The molecule has 28 heavy (non-hydrogen) atoms. The minimum atomic E-state index is -1.14. The molecule has 148 valence electrons. The highest BCUT2D eigenvalue weighted by Crippen LogP contribution is 2.20. The van der Waals surface area contributed by atoms with Gasteiger partial charge in [0.25, 0.3) is 11.5 Å². The summed E-state index contributed by atoms with van der Waals surface area (Å²) in [4.78, 5) is 31.9. The summed E-state index contributed by atoms with van der Waals surface area (Å²) in [5, 5.41) is 21.6. The van der Waals surface area contributed by atoms with Gasteiger partial charge in [-0.2, -0.15) is 0 Å². The Morgan fingerprint density at radius 3 is 2.54 bits per heavy atom. The van der Waals surface area contributed by atoms with Crippen LogP contribution in [0.1, 0.15) is 35.0 Å². The van der Waals surface area contributed by atoms with Crippen molar-refractivity contribution in [1.29, 1.82) is 0 Å². The van der Waals surface area contributed by atoms with E-state index in [4.69, 9.17) is 0 Å². The maximum absolute atomic E-state index is 12.5. The van der Waals surface area contributed by atoms with Gasteiger partial charge in [-0.05, 0) is 43.0 Å². The van der Waals surface area contributed by atoms with Crippen LogP contribution in [0.4, 0.5) is 0 Å². The molecule has 8 nitrogen and oxygen atoms in total. The zero-order valence-electron chi connectivity index (χ0n) is 16.1. The summed E-state index contributed by atoms with van der Waals surface area (Å²) in [6.45, 7) is 4.95. The summed E-state index contributed by atoms with van der Waals surface area (Å²) in [5.74, 6) is -0.569. The molecule has 2 heterocycles. The molecule has 3 rings (SSSR count). The molecule has 0 bridgehead atoms. The number of rotatable bonds is 6. The van der Waals surface area contributed by atoms with Gasteiger partial charge in [0.15, 0.2) is 0 Å². The molecule has 2 aromatic heterocycles. The first-order valence-electron chi connectivity index (χ1n) is 9.06. The molecule has 0 atom stereocenters. The number of aryl methyl sites for hydroxylation is 2. The first-order valence-corrected chi connectivity index (χ1v) is 9.06. The molecule has 0 aliphatic heterocycles. The van der Waals surface area contributed by atoms with Crippen molar-refractivity contribution in [2.75, 3.05) is 13.2 Å². The monoisotopic (exact) mass is 384 g/mol. The van der Waals surface area contributed by atoms with E-state index >= 15 is 0 Å². The van der Waals surface area contributed by atoms with Gasteiger partial charge in [-0.3, -0.25) is 14.0 Å². The van der Waals surface area contributed by atoms with Gasteiger partial charge >= 0.3 is 0 Å². The lowest BCUT2D eigenvalue weighted by molar-refractivity contribution is 0.0649. The van der Waals surface area contributed by atoms with E-state index in [9.17, 15) is 19.8 Å². The number of carbonyl (C=O) groups excluding carboxylic acids is 1. The Morgan fingerprint density at radius 1 is 1.21 bits per heavy atom. The molecule has 1 amide bonds. The largest absolute Gasteiger partial charge is 0.394 e. The van der Waals surface area contributed by atoms with Crippen LogP contribution in [0, 0.1) is 13.8 Å². The minimum absolute atomic E-state index is 0.0301. The van der Waals surface area contributed by atoms with E-state index in [-0.39, 0.29) is 11.3 Å². The highest BCUT2D eigenvalue weighted by molar-refractivity contribution is 5.93. The highest BCUT2D eigenvalue weighted by atomic mass is 16.3. The molecule has 8 heteroatoms. The summed E-state index contributed by atoms with van der Waals surface area (Å²) in [6.07, 6.45) is 3.51. The molecule has 0 saturated heterocycles. The number of benzene rings is 1. The van der Waals surface area contributed by atoms with Gasteiger partial charge in [0.2, 0.25) is 5.65 Å². The van der Waals surface area contributed by atoms with Crippen molar-refractivity contribution in [2.24, 2.45) is 0 Å². The van der Waals surface area contributed by atoms with E-state index < -0.39 is 30.2 Å². The molecule has 0 aliphatic rings. The number of amides is 1. The number of aromatic amines is 1. The Bertz CT molecular complexity index is 1070. The van der Waals surface area contributed by atoms with Gasteiger partial charge in [0, 0.05) is 12.4 Å². The molecule has 0 aliphatic carbocycles. The zero-order valence-corrected chi connectivity index (χ0v) is 16.1. The van der Waals surface area contributed by atoms with E-state index in [2.05, 4.69) is 15.3 Å². The fraction of sp³-hybridized carbons (Fsp3) is 0.350. The maximum atomic E-state index is 12.5. The van der Waals surface area contributed by atoms with E-state index in [0.717, 1.165) is 16.7 Å². The van der Waals surface area contributed by atoms with Gasteiger partial charge in [0.1, 0.15) is 5.69 Å². The van der Waals surface area contributed by atoms with Crippen molar-refractivity contribution in [3.8, 4) is 11.3 Å². The fourth-order valence-electron chi connectivity index (χ4n) is 2.92. The second-order valence-electron chi connectivity index (χ2n) is 7.06. The minimum Gasteiger partial charge on any atom is -0.394 e. The number of H-pyrrole nitrogens is 1. The normalized spacial score (nSPS) is 11.8. The van der Waals surface area contributed by atoms with Crippen molar-refractivity contribution in [2.45, 2.75) is 32.7 Å². The lowest BCUT2D eigenvalue weighted by Crippen LogP contribution is -2.53. The predicted molar refractivity (Wildman–Crippen MR) is 105 cm³/mol. The molecule has 0 saturated carbocycles. The number of aliphatic hydroxyl groups is 2. The quantitative estimate of drug-likeness (QED) is 0.509. The number of fused-ring (bicyclic) bond motifs is 1. The maximum Gasteiger partial charge on any atom is 0.292 e. The molecule has 0 unspecified atom stereocenters. The number of hydrogen-bond acceptors (Lipinski definition) is 5. The Hall–Kier alpha value is -2.97. The fourth-order valence-corrected chi connectivity index (χ4v) is 2.92. The molecule has 3 aromatic rings. The molecule has 1 aromatic carbocycles. The van der Waals surface area contributed by atoms with E-state index in [1.165, 1.54) is 10.6 Å². The van der Waals surface area contributed by atoms with Gasteiger partial charge in [-0.1, -0.05) is 19.1 Å². The summed E-state index contributed by atoms with van der Waals surface area (Å²) >= 11 is 0. The SMILES string of the molecule is CCC(CO)(CO)NC(=O)c1cn2cc(-c3ccc(C)c(C)c3)[nH]c(=O)c2n1. The topological polar surface area (TPSA) is 120 Å². The number of nitrogens with one attached hydrogen (secondary N) is 2. The van der Waals surface area contributed by atoms with Gasteiger partial charge < -0.3 is 20.5 Å². The summed E-state index contributed by atoms with van der Waals surface area (Å²) < 4.78 is 1.50. The molecule has 0 spiro atoms. The number of nitrogens with zero attached hydrogens (tertiary/aromatic N) is 2. The summed E-state index contributed by atoms with van der Waals surface area (Å²) in [7, 11) is 0. The second kappa shape index (κ2) is 7.57. The van der Waals surface area contributed by atoms with Crippen LogP contribution in [0.3, 0.4) is 0 Å². The average molecular weight is 384 g/mol. The smallest absolute Gasteiger partial charge is 0.292 e. The third-order valence-electron chi connectivity index (χ3n) is 5.16. The lowest BCUT2D eigenvalue weighted by atomic mass is 9.98. The van der Waals surface area contributed by atoms with Crippen LogP contribution in [0.15, 0.2) is 35.4 Å². The van der Waals surface area contributed by atoms with Crippen molar-refractivity contribution in [3.63, 3.8) is 0 Å². The van der Waals surface area contributed by atoms with E-state index in [0.29, 0.717) is 12.1 Å². The standard InChI is InChI=1S/C20H24N4O4/c1-4-20(10-25,11-26)23-18(27)16-9-24-8-15(22-19(28)17(24)21-16)14-6-5-12(2)13(3)7-14/h5-9,25-26H,4,10-11H2,1-3H3,(H,22,28)(H,23,27). The Labute approximate surface area is 161 Å². The molecular weight excluding hydrogens is 360 g/mol. The van der Waals surface area contributed by atoms with Crippen molar-refractivity contribution in [3.05, 3.63) is 57.8 Å². The first-order chi connectivity index (χ1) is 13.3. The Morgan fingerprint density at radius 2 is 1.93 bits per heavy atom. The van der Waals surface area contributed by atoms with Crippen LogP contribution in [0.25, 0.3) is 16.9 Å². The number of imidazole rings is 1. The van der Waals surface area contributed by atoms with E-state index in [1.807, 2.05) is 32.0 Å². The summed E-state index contributed by atoms with van der Waals surface area (Å²) in [5.41, 5.74) is 2.29. The third-order valence-corrected chi connectivity index (χ3v) is 5.16. The van der Waals surface area contributed by atoms with Crippen molar-refractivity contribution < 1.29 is 15.0 Å².